The van der Waals surface area contributed by atoms with Gasteiger partial charge in [0.25, 0.3) is 0 Å². The van der Waals surface area contributed by atoms with Gasteiger partial charge in [-0.05, 0) is 5.41 Å². The van der Waals surface area contributed by atoms with Crippen molar-refractivity contribution < 1.29 is 4.39 Å². The molecule has 0 spiro atoms. The number of hydrogen-bond acceptors (Lipinski definition) is 1. The summed E-state index contributed by atoms with van der Waals surface area (Å²) in [7, 11) is 2.40. The summed E-state index contributed by atoms with van der Waals surface area (Å²) in [6.45, 7) is 6.06. The Morgan fingerprint density at radius 3 is 2.18 bits per heavy atom. The van der Waals surface area contributed by atoms with Gasteiger partial charge >= 0.3 is 0 Å². The Labute approximate surface area is 73.0 Å². The Balaban J connectivity index is 3.15. The minimum absolute atomic E-state index is 0.0625. The van der Waals surface area contributed by atoms with Crippen LogP contribution in [0.5, 0.6) is 0 Å². The lowest BCUT2D eigenvalue weighted by molar-refractivity contribution is 0.542. The molecule has 0 fully saturated rings. The number of hydrogen-bond donors (Lipinski definition) is 0. The number of thiophene rings is 1. The maximum Gasteiger partial charge on any atom is 0.144 e. The second-order valence-corrected chi connectivity index (χ2v) is 5.09. The molecule has 1 unspecified atom stereocenters. The average Bonchev–Trinajstić information content (AvgIpc) is 2.11. The predicted octanol–water partition coefficient (Wildman–Crippen LogP) is 2.69. The predicted molar refractivity (Wildman–Crippen MR) is 52.3 cm³/mol. The van der Waals surface area contributed by atoms with Crippen LogP contribution in [0.1, 0.15) is 25.6 Å². The van der Waals surface area contributed by atoms with Crippen molar-refractivity contribution >= 4 is 25.9 Å². The normalized spacial score (nSPS) is 12.1. The van der Waals surface area contributed by atoms with Crippen LogP contribution in [0.25, 0.3) is 0 Å². The van der Waals surface area contributed by atoms with Crippen LogP contribution < -0.4 is 5.30 Å². The topological polar surface area (TPSA) is 0 Å². The first-order valence-electron chi connectivity index (χ1n) is 3.46. The fraction of sp³-hybridized carbons (Fsp3) is 0.500. The third kappa shape index (κ3) is 1.80. The number of rotatable bonds is 0. The molecule has 0 aliphatic heterocycles. The molecule has 0 saturated carbocycles. The zero-order valence-corrected chi connectivity index (χ0v) is 8.91. The summed E-state index contributed by atoms with van der Waals surface area (Å²) in [6.07, 6.45) is 0. The molecule has 0 N–H and O–H groups in total. The summed E-state index contributed by atoms with van der Waals surface area (Å²) in [6, 6.07) is 0. The van der Waals surface area contributed by atoms with Crippen molar-refractivity contribution in [3.8, 4) is 0 Å². The highest BCUT2D eigenvalue weighted by Crippen LogP contribution is 2.29. The summed E-state index contributed by atoms with van der Waals surface area (Å²) in [5.41, 5.74) is -0.0659. The highest BCUT2D eigenvalue weighted by Gasteiger charge is 2.21. The van der Waals surface area contributed by atoms with Crippen LogP contribution in [-0.2, 0) is 5.41 Å². The van der Waals surface area contributed by atoms with E-state index < -0.39 is 0 Å². The lowest BCUT2D eigenvalue weighted by Crippen LogP contribution is -2.12. The van der Waals surface area contributed by atoms with Crippen molar-refractivity contribution in [2.75, 3.05) is 0 Å². The van der Waals surface area contributed by atoms with Gasteiger partial charge in [0.2, 0.25) is 0 Å². The zero-order valence-electron chi connectivity index (χ0n) is 6.94. The van der Waals surface area contributed by atoms with E-state index in [1.165, 1.54) is 11.3 Å². The van der Waals surface area contributed by atoms with E-state index in [4.69, 9.17) is 0 Å². The van der Waals surface area contributed by atoms with Gasteiger partial charge in [0.15, 0.2) is 0 Å². The van der Waals surface area contributed by atoms with Crippen molar-refractivity contribution in [3.63, 3.8) is 0 Å². The van der Waals surface area contributed by atoms with Crippen molar-refractivity contribution in [3.05, 3.63) is 16.1 Å². The molecule has 0 amide bonds. The molecule has 3 heteroatoms. The van der Waals surface area contributed by atoms with Gasteiger partial charge < -0.3 is 0 Å². The van der Waals surface area contributed by atoms with Gasteiger partial charge in [0.1, 0.15) is 5.82 Å². The summed E-state index contributed by atoms with van der Waals surface area (Å²) in [5.74, 6) is -0.0625. The first-order valence-corrected chi connectivity index (χ1v) is 4.91. The van der Waals surface area contributed by atoms with Gasteiger partial charge in [-0.1, -0.05) is 20.8 Å². The average molecular weight is 190 g/mol. The van der Waals surface area contributed by atoms with Crippen molar-refractivity contribution in [2.24, 2.45) is 0 Å². The summed E-state index contributed by atoms with van der Waals surface area (Å²) in [4.78, 5) is 0.836. The molecule has 0 bridgehead atoms. The molecule has 0 aliphatic rings. The van der Waals surface area contributed by atoms with Crippen LogP contribution in [0, 0.1) is 5.82 Å². The maximum absolute atomic E-state index is 13.2. The smallest absolute Gasteiger partial charge is 0.144 e. The third-order valence-electron chi connectivity index (χ3n) is 1.44. The lowest BCUT2D eigenvalue weighted by Gasteiger charge is -2.15. The van der Waals surface area contributed by atoms with Crippen LogP contribution in [0.2, 0.25) is 0 Å². The van der Waals surface area contributed by atoms with Crippen LogP contribution >= 0.6 is 20.6 Å². The fourth-order valence-corrected chi connectivity index (χ4v) is 2.24. The molecule has 1 aromatic rings. The van der Waals surface area contributed by atoms with Crippen molar-refractivity contribution in [1.82, 2.24) is 0 Å². The van der Waals surface area contributed by atoms with E-state index in [9.17, 15) is 4.39 Å². The second kappa shape index (κ2) is 2.84. The van der Waals surface area contributed by atoms with Gasteiger partial charge in [-0.25, -0.2) is 4.39 Å². The fourth-order valence-electron chi connectivity index (χ4n) is 0.863. The minimum Gasteiger partial charge on any atom is -0.205 e. The first kappa shape index (κ1) is 9.15. The molecule has 1 atom stereocenters. The molecule has 0 radical (unpaired) electrons. The Hall–Kier alpha value is 0.0600. The molecule has 11 heavy (non-hydrogen) atoms. The Morgan fingerprint density at radius 1 is 1.45 bits per heavy atom. The van der Waals surface area contributed by atoms with Gasteiger partial charge in [-0.15, -0.1) is 20.6 Å². The van der Waals surface area contributed by atoms with E-state index in [2.05, 4.69) is 9.24 Å². The van der Waals surface area contributed by atoms with Crippen LogP contribution in [0.4, 0.5) is 4.39 Å². The zero-order chi connectivity index (χ0) is 8.65. The summed E-state index contributed by atoms with van der Waals surface area (Å²) in [5, 5.41) is 2.51. The van der Waals surface area contributed by atoms with Gasteiger partial charge in [-0.3, -0.25) is 0 Å². The monoisotopic (exact) mass is 190 g/mol. The number of halogens is 1. The molecule has 0 nitrogen and oxygen atoms in total. The maximum atomic E-state index is 13.2. The Kier molecular flexibility index (Phi) is 2.36. The molecule has 0 aliphatic carbocycles. The van der Waals surface area contributed by atoms with E-state index in [0.29, 0.717) is 5.30 Å². The van der Waals surface area contributed by atoms with E-state index in [1.54, 1.807) is 0 Å². The highest BCUT2D eigenvalue weighted by atomic mass is 32.1. The minimum atomic E-state index is -0.0659. The van der Waals surface area contributed by atoms with E-state index in [1.807, 2.05) is 26.2 Å². The highest BCUT2D eigenvalue weighted by molar-refractivity contribution is 7.29. The molecular formula is C8H12FPS. The molecule has 1 aromatic heterocycles. The SMILES string of the molecule is CC(C)(C)c1scc(P)c1F. The molecule has 1 heterocycles. The second-order valence-electron chi connectivity index (χ2n) is 3.58. The molecule has 62 valence electrons. The lowest BCUT2D eigenvalue weighted by atomic mass is 9.94. The molecule has 0 aromatic carbocycles. The summed E-state index contributed by atoms with van der Waals surface area (Å²) < 4.78 is 13.2. The van der Waals surface area contributed by atoms with E-state index in [-0.39, 0.29) is 11.2 Å². The molecular weight excluding hydrogens is 178 g/mol. The molecule has 1 rings (SSSR count). The quantitative estimate of drug-likeness (QED) is 0.552. The molecule has 0 saturated heterocycles. The first-order chi connectivity index (χ1) is 4.93. The van der Waals surface area contributed by atoms with Crippen LogP contribution in [0.3, 0.4) is 0 Å². The Morgan fingerprint density at radius 2 is 2.00 bits per heavy atom. The van der Waals surface area contributed by atoms with Crippen molar-refractivity contribution in [2.45, 2.75) is 26.2 Å². The van der Waals surface area contributed by atoms with Gasteiger partial charge in [0, 0.05) is 15.6 Å². The standard InChI is InChI=1S/C8H12FPS/c1-8(2,3)7-6(9)5(10)4-11-7/h4H,10H2,1-3H3. The van der Waals surface area contributed by atoms with Gasteiger partial charge in [-0.2, -0.15) is 0 Å². The van der Waals surface area contributed by atoms with Crippen LogP contribution in [0.15, 0.2) is 5.38 Å². The summed E-state index contributed by atoms with van der Waals surface area (Å²) >= 11 is 1.49. The van der Waals surface area contributed by atoms with Crippen LogP contribution in [-0.4, -0.2) is 0 Å². The third-order valence-corrected chi connectivity index (χ3v) is 3.50. The van der Waals surface area contributed by atoms with E-state index in [0.717, 1.165) is 4.88 Å². The van der Waals surface area contributed by atoms with E-state index >= 15 is 0 Å². The Bertz CT molecular complexity index is 260. The van der Waals surface area contributed by atoms with Gasteiger partial charge in [0.05, 0.1) is 0 Å². The largest absolute Gasteiger partial charge is 0.205 e. The van der Waals surface area contributed by atoms with Crippen molar-refractivity contribution in [1.29, 1.82) is 0 Å².